The van der Waals surface area contributed by atoms with Crippen LogP contribution in [-0.4, -0.2) is 65.9 Å². The molecule has 3 rings (SSSR count). The minimum absolute atomic E-state index is 0.0529. The van der Waals surface area contributed by atoms with Crippen molar-refractivity contribution in [1.29, 1.82) is 0 Å². The highest BCUT2D eigenvalue weighted by atomic mass is 16.2. The van der Waals surface area contributed by atoms with Crippen molar-refractivity contribution in [2.24, 2.45) is 0 Å². The van der Waals surface area contributed by atoms with Gasteiger partial charge in [0.25, 0.3) is 5.91 Å². The number of aryl methyl sites for hydroxylation is 2. The number of urea groups is 1. The molecule has 30 heavy (non-hydrogen) atoms. The largest absolute Gasteiger partial charge is 0.330 e. The Balaban J connectivity index is 1.80. The van der Waals surface area contributed by atoms with Crippen LogP contribution in [0.4, 0.5) is 4.79 Å². The number of amides is 3. The third-order valence-electron chi connectivity index (χ3n) is 6.65. The highest BCUT2D eigenvalue weighted by molar-refractivity contribution is 6.01. The molecule has 0 spiro atoms. The lowest BCUT2D eigenvalue weighted by Crippen LogP contribution is -2.45. The van der Waals surface area contributed by atoms with Crippen molar-refractivity contribution in [3.05, 3.63) is 46.2 Å². The maximum atomic E-state index is 13.5. The smallest absolute Gasteiger partial charge is 0.322 e. The molecule has 6 nitrogen and oxygen atoms in total. The molecule has 1 aromatic carbocycles. The van der Waals surface area contributed by atoms with E-state index in [4.69, 9.17) is 0 Å². The Labute approximate surface area is 180 Å². The summed E-state index contributed by atoms with van der Waals surface area (Å²) in [6.07, 6.45) is 2.02. The van der Waals surface area contributed by atoms with Crippen molar-refractivity contribution in [2.75, 3.05) is 33.2 Å². The summed E-state index contributed by atoms with van der Waals surface area (Å²) >= 11 is 0. The second kappa shape index (κ2) is 9.21. The van der Waals surface area contributed by atoms with Gasteiger partial charge in [0.2, 0.25) is 0 Å². The van der Waals surface area contributed by atoms with Crippen LogP contribution in [0, 0.1) is 13.8 Å². The maximum Gasteiger partial charge on any atom is 0.322 e. The minimum atomic E-state index is -0.385. The first kappa shape index (κ1) is 22.3. The normalized spacial score (nSPS) is 20.2. The van der Waals surface area contributed by atoms with Crippen LogP contribution < -0.4 is 5.32 Å². The molecule has 0 saturated carbocycles. The molecule has 1 N–H and O–H groups in total. The van der Waals surface area contributed by atoms with Crippen molar-refractivity contribution in [3.63, 3.8) is 0 Å². The maximum absolute atomic E-state index is 13.5. The Morgan fingerprint density at radius 2 is 1.90 bits per heavy atom. The van der Waals surface area contributed by atoms with Crippen LogP contribution in [0.2, 0.25) is 0 Å². The quantitative estimate of drug-likeness (QED) is 0.710. The monoisotopic (exact) mass is 412 g/mol. The molecule has 1 aromatic rings. The number of carbonyl (C=O) groups excluding carboxylic acids is 2. The lowest BCUT2D eigenvalue weighted by molar-refractivity contribution is -0.127. The molecule has 0 saturated heterocycles. The van der Waals surface area contributed by atoms with Crippen molar-refractivity contribution >= 4 is 11.9 Å². The van der Waals surface area contributed by atoms with E-state index in [0.29, 0.717) is 6.54 Å². The predicted octanol–water partition coefficient (Wildman–Crippen LogP) is 3.61. The van der Waals surface area contributed by atoms with Gasteiger partial charge in [0, 0.05) is 13.1 Å². The molecule has 2 unspecified atom stereocenters. The number of hydrogen-bond acceptors (Lipinski definition) is 3. The fourth-order valence-electron chi connectivity index (χ4n) is 4.63. The van der Waals surface area contributed by atoms with E-state index < -0.39 is 0 Å². The molecule has 6 heteroatoms. The number of likely N-dealkylation sites (N-methyl/N-ethyl adjacent to an activating group) is 1. The third kappa shape index (κ3) is 4.24. The molecule has 164 valence electrons. The average Bonchev–Trinajstić information content (AvgIpc) is 3.06. The molecule has 0 aliphatic carbocycles. The summed E-state index contributed by atoms with van der Waals surface area (Å²) in [5.74, 6) is 0.0529. The fraction of sp³-hybridized carbons (Fsp3) is 0.583. The van der Waals surface area contributed by atoms with E-state index in [-0.39, 0.29) is 24.0 Å². The first-order valence-electron chi connectivity index (χ1n) is 11.2. The van der Waals surface area contributed by atoms with Gasteiger partial charge in [0.1, 0.15) is 0 Å². The summed E-state index contributed by atoms with van der Waals surface area (Å²) in [4.78, 5) is 32.1. The molecular formula is C24H36N4O2. The van der Waals surface area contributed by atoms with Crippen LogP contribution in [-0.2, 0) is 4.79 Å². The van der Waals surface area contributed by atoms with Gasteiger partial charge in [0.05, 0.1) is 23.9 Å². The highest BCUT2D eigenvalue weighted by Gasteiger charge is 2.44. The third-order valence-corrected chi connectivity index (χ3v) is 6.65. The van der Waals surface area contributed by atoms with Gasteiger partial charge >= 0.3 is 6.03 Å². The molecular weight excluding hydrogens is 376 g/mol. The predicted molar refractivity (Wildman–Crippen MR) is 120 cm³/mol. The molecule has 0 bridgehead atoms. The molecule has 3 amide bonds. The van der Waals surface area contributed by atoms with Gasteiger partial charge in [0.15, 0.2) is 0 Å². The zero-order chi connectivity index (χ0) is 22.0. The van der Waals surface area contributed by atoms with E-state index in [0.717, 1.165) is 54.9 Å². The number of rotatable bonds is 8. The Morgan fingerprint density at radius 1 is 1.20 bits per heavy atom. The topological polar surface area (TPSA) is 55.9 Å². The van der Waals surface area contributed by atoms with Crippen LogP contribution in [0.25, 0.3) is 0 Å². The van der Waals surface area contributed by atoms with Crippen LogP contribution in [0.5, 0.6) is 0 Å². The van der Waals surface area contributed by atoms with Crippen LogP contribution in [0.3, 0.4) is 0 Å². The van der Waals surface area contributed by atoms with Gasteiger partial charge in [-0.15, -0.1) is 0 Å². The number of hydrogen-bond donors (Lipinski definition) is 1. The zero-order valence-corrected chi connectivity index (χ0v) is 19.3. The van der Waals surface area contributed by atoms with Gasteiger partial charge in [-0.2, -0.15) is 0 Å². The molecule has 2 atom stereocenters. The fourth-order valence-corrected chi connectivity index (χ4v) is 4.63. The van der Waals surface area contributed by atoms with Crippen LogP contribution in [0.1, 0.15) is 56.3 Å². The Kier molecular flexibility index (Phi) is 6.86. The van der Waals surface area contributed by atoms with Gasteiger partial charge in [-0.1, -0.05) is 37.6 Å². The summed E-state index contributed by atoms with van der Waals surface area (Å²) < 4.78 is 0. The van der Waals surface area contributed by atoms with E-state index in [1.807, 2.05) is 24.0 Å². The zero-order valence-electron chi connectivity index (χ0n) is 19.3. The van der Waals surface area contributed by atoms with Crippen molar-refractivity contribution < 1.29 is 9.59 Å². The summed E-state index contributed by atoms with van der Waals surface area (Å²) in [6.45, 7) is 14.3. The molecule has 2 heterocycles. The van der Waals surface area contributed by atoms with E-state index >= 15 is 0 Å². The van der Waals surface area contributed by atoms with Crippen LogP contribution in [0.15, 0.2) is 29.5 Å². The first-order chi connectivity index (χ1) is 14.3. The van der Waals surface area contributed by atoms with E-state index in [2.05, 4.69) is 44.0 Å². The molecule has 2 aliphatic rings. The Bertz CT molecular complexity index is 844. The van der Waals surface area contributed by atoms with Gasteiger partial charge < -0.3 is 15.1 Å². The van der Waals surface area contributed by atoms with Gasteiger partial charge in [-0.05, 0) is 64.4 Å². The molecule has 2 aliphatic heterocycles. The van der Waals surface area contributed by atoms with Gasteiger partial charge in [-0.3, -0.25) is 9.69 Å². The molecule has 0 fully saturated rings. The van der Waals surface area contributed by atoms with Crippen molar-refractivity contribution in [1.82, 2.24) is 20.0 Å². The second-order valence-electron chi connectivity index (χ2n) is 8.61. The van der Waals surface area contributed by atoms with Crippen LogP contribution >= 0.6 is 0 Å². The summed E-state index contributed by atoms with van der Waals surface area (Å²) in [5, 5.41) is 3.05. The number of nitrogens with one attached hydrogen (secondary N) is 1. The number of carbonyl (C=O) groups is 2. The highest BCUT2D eigenvalue weighted by Crippen LogP contribution is 2.37. The number of nitrogens with zero attached hydrogens (tertiary/aromatic N) is 3. The molecule has 0 radical (unpaired) electrons. The first-order valence-corrected chi connectivity index (χ1v) is 11.2. The molecule has 0 aromatic heterocycles. The standard InChI is InChI=1S/C24H36N4O2/c1-7-27(8-2)13-9-10-18(5)28-15-20-21(23(28)29)22(25-24(30)26(20)6)19-12-11-16(3)14-17(19)4/h11-12,14,18,22H,7-10,13,15H2,1-6H3,(H,25,30). The minimum Gasteiger partial charge on any atom is -0.330 e. The average molecular weight is 413 g/mol. The van der Waals surface area contributed by atoms with E-state index in [1.165, 1.54) is 5.56 Å². The van der Waals surface area contributed by atoms with E-state index in [9.17, 15) is 9.59 Å². The lowest BCUT2D eigenvalue weighted by atomic mass is 9.91. The summed E-state index contributed by atoms with van der Waals surface area (Å²) in [6, 6.07) is 5.79. The lowest BCUT2D eigenvalue weighted by Gasteiger charge is -2.31. The van der Waals surface area contributed by atoms with Crippen molar-refractivity contribution in [2.45, 2.75) is 59.5 Å². The Hall–Kier alpha value is -2.34. The van der Waals surface area contributed by atoms with E-state index in [1.54, 1.807) is 11.9 Å². The SMILES string of the molecule is CCN(CC)CCCC(C)N1CC2=C(C1=O)C(c1ccc(C)cc1C)NC(=O)N2C. The second-order valence-corrected chi connectivity index (χ2v) is 8.61. The van der Waals surface area contributed by atoms with Crippen molar-refractivity contribution in [3.8, 4) is 0 Å². The summed E-state index contributed by atoms with van der Waals surface area (Å²) in [7, 11) is 1.75. The number of benzene rings is 1. The van der Waals surface area contributed by atoms with Gasteiger partial charge in [-0.25, -0.2) is 4.79 Å². The summed E-state index contributed by atoms with van der Waals surface area (Å²) in [5.41, 5.74) is 4.82. The Morgan fingerprint density at radius 3 is 2.53 bits per heavy atom.